The van der Waals surface area contributed by atoms with E-state index in [4.69, 9.17) is 5.73 Å². The second-order valence-corrected chi connectivity index (χ2v) is 5.00. The molecule has 110 valence electrons. The van der Waals surface area contributed by atoms with Gasteiger partial charge in [-0.25, -0.2) is 0 Å². The molecule has 2 aromatic carbocycles. The molecule has 2 aromatic rings. The lowest BCUT2D eigenvalue weighted by atomic mass is 10.2. The van der Waals surface area contributed by atoms with E-state index in [0.29, 0.717) is 17.8 Å². The van der Waals surface area contributed by atoms with E-state index in [1.54, 1.807) is 6.07 Å². The zero-order valence-electron chi connectivity index (χ0n) is 12.3. The molecule has 2 rings (SSSR count). The van der Waals surface area contributed by atoms with E-state index in [-0.39, 0.29) is 5.91 Å². The van der Waals surface area contributed by atoms with Crippen molar-refractivity contribution in [3.63, 3.8) is 0 Å². The molecular weight excluding hydrogens is 262 g/mol. The van der Waals surface area contributed by atoms with Crippen molar-refractivity contribution in [1.29, 1.82) is 0 Å². The van der Waals surface area contributed by atoms with E-state index < -0.39 is 0 Å². The van der Waals surface area contributed by atoms with Crippen molar-refractivity contribution >= 4 is 23.0 Å². The summed E-state index contributed by atoms with van der Waals surface area (Å²) in [6.45, 7) is 0.835. The van der Waals surface area contributed by atoms with E-state index in [0.717, 1.165) is 18.7 Å². The van der Waals surface area contributed by atoms with Crippen LogP contribution < -0.4 is 16.0 Å². The maximum atomic E-state index is 11.9. The summed E-state index contributed by atoms with van der Waals surface area (Å²) in [5.74, 6) is -0.00522. The Morgan fingerprint density at radius 3 is 2.48 bits per heavy atom. The second-order valence-electron chi connectivity index (χ2n) is 5.00. The van der Waals surface area contributed by atoms with Gasteiger partial charge in [0.25, 0.3) is 0 Å². The van der Waals surface area contributed by atoms with Crippen molar-refractivity contribution < 1.29 is 4.79 Å². The number of amides is 1. The van der Waals surface area contributed by atoms with Gasteiger partial charge in [0.15, 0.2) is 0 Å². The number of hydrogen-bond acceptors (Lipinski definition) is 3. The lowest BCUT2D eigenvalue weighted by molar-refractivity contribution is -0.116. The van der Waals surface area contributed by atoms with Crippen LogP contribution in [-0.4, -0.2) is 19.5 Å². The fourth-order valence-corrected chi connectivity index (χ4v) is 2.11. The molecule has 4 heteroatoms. The third-order valence-electron chi connectivity index (χ3n) is 3.33. The fourth-order valence-electron chi connectivity index (χ4n) is 2.11. The first-order valence-corrected chi connectivity index (χ1v) is 7.07. The summed E-state index contributed by atoms with van der Waals surface area (Å²) in [6.07, 6.45) is 1.27. The monoisotopic (exact) mass is 283 g/mol. The number of nitrogen functional groups attached to an aromatic ring is 1. The average molecular weight is 283 g/mol. The zero-order valence-corrected chi connectivity index (χ0v) is 12.3. The van der Waals surface area contributed by atoms with Crippen molar-refractivity contribution in [2.75, 3.05) is 29.5 Å². The van der Waals surface area contributed by atoms with Crippen molar-refractivity contribution in [2.24, 2.45) is 0 Å². The lowest BCUT2D eigenvalue weighted by Gasteiger charge is -2.18. The molecule has 0 aliphatic carbocycles. The molecule has 0 atom stereocenters. The van der Waals surface area contributed by atoms with Crippen molar-refractivity contribution in [1.82, 2.24) is 0 Å². The van der Waals surface area contributed by atoms with E-state index in [9.17, 15) is 4.79 Å². The van der Waals surface area contributed by atoms with Gasteiger partial charge in [-0.05, 0) is 30.7 Å². The molecule has 0 bridgehead atoms. The van der Waals surface area contributed by atoms with Gasteiger partial charge in [0, 0.05) is 25.7 Å². The summed E-state index contributed by atoms with van der Waals surface area (Å²) in [7, 11) is 2.03. The van der Waals surface area contributed by atoms with Gasteiger partial charge >= 0.3 is 0 Å². The number of nitrogens with zero attached hydrogens (tertiary/aromatic N) is 1. The first-order chi connectivity index (χ1) is 10.2. The summed E-state index contributed by atoms with van der Waals surface area (Å²) in [6, 6.07) is 17.4. The molecule has 0 saturated carbocycles. The van der Waals surface area contributed by atoms with Crippen LogP contribution in [0, 0.1) is 0 Å². The van der Waals surface area contributed by atoms with Crippen LogP contribution in [0.5, 0.6) is 0 Å². The van der Waals surface area contributed by atoms with Crippen molar-refractivity contribution in [3.8, 4) is 0 Å². The number of carbonyl (C=O) groups excluding carboxylic acids is 1. The van der Waals surface area contributed by atoms with Crippen LogP contribution in [0.1, 0.15) is 12.8 Å². The van der Waals surface area contributed by atoms with Crippen LogP contribution in [0.15, 0.2) is 54.6 Å². The minimum Gasteiger partial charge on any atom is -0.397 e. The highest BCUT2D eigenvalue weighted by Gasteiger charge is 2.06. The number of nitrogens with one attached hydrogen (secondary N) is 1. The lowest BCUT2D eigenvalue weighted by Crippen LogP contribution is -2.20. The quantitative estimate of drug-likeness (QED) is 0.801. The summed E-state index contributed by atoms with van der Waals surface area (Å²) in [5.41, 5.74) is 8.23. The number of benzene rings is 2. The number of rotatable bonds is 6. The topological polar surface area (TPSA) is 58.4 Å². The van der Waals surface area contributed by atoms with Crippen LogP contribution in [0.2, 0.25) is 0 Å². The van der Waals surface area contributed by atoms with Gasteiger partial charge in [0.05, 0.1) is 11.4 Å². The normalized spacial score (nSPS) is 10.1. The third kappa shape index (κ3) is 4.53. The standard InChI is InChI=1S/C17H21N3O/c1-20(14-8-3-2-4-9-14)13-7-12-17(21)19-16-11-6-5-10-15(16)18/h2-6,8-11H,7,12-13,18H2,1H3,(H,19,21). The van der Waals surface area contributed by atoms with Gasteiger partial charge in [-0.2, -0.15) is 0 Å². The SMILES string of the molecule is CN(CCCC(=O)Nc1ccccc1N)c1ccccc1. The Kier molecular flexibility index (Phi) is 5.21. The van der Waals surface area contributed by atoms with Gasteiger partial charge in [0.1, 0.15) is 0 Å². The Bertz CT molecular complexity index is 584. The Morgan fingerprint density at radius 2 is 1.76 bits per heavy atom. The Morgan fingerprint density at radius 1 is 1.10 bits per heavy atom. The van der Waals surface area contributed by atoms with E-state index in [1.165, 1.54) is 0 Å². The predicted octanol–water partition coefficient (Wildman–Crippen LogP) is 3.12. The molecule has 0 aromatic heterocycles. The minimum absolute atomic E-state index is 0.00522. The summed E-state index contributed by atoms with van der Waals surface area (Å²) in [5, 5.41) is 2.84. The van der Waals surface area contributed by atoms with Crippen LogP contribution in [-0.2, 0) is 4.79 Å². The first-order valence-electron chi connectivity index (χ1n) is 7.07. The molecule has 0 heterocycles. The highest BCUT2D eigenvalue weighted by Crippen LogP contribution is 2.17. The molecule has 0 fully saturated rings. The number of para-hydroxylation sites is 3. The molecule has 0 saturated heterocycles. The van der Waals surface area contributed by atoms with E-state index in [2.05, 4.69) is 22.3 Å². The fraction of sp³-hybridized carbons (Fsp3) is 0.235. The predicted molar refractivity (Wildman–Crippen MR) is 88.4 cm³/mol. The summed E-state index contributed by atoms with van der Waals surface area (Å²) < 4.78 is 0. The van der Waals surface area contributed by atoms with Gasteiger partial charge in [-0.15, -0.1) is 0 Å². The molecule has 0 aliphatic rings. The van der Waals surface area contributed by atoms with Crippen LogP contribution in [0.25, 0.3) is 0 Å². The molecule has 0 radical (unpaired) electrons. The smallest absolute Gasteiger partial charge is 0.224 e. The van der Waals surface area contributed by atoms with Gasteiger partial charge in [-0.1, -0.05) is 30.3 Å². The van der Waals surface area contributed by atoms with Crippen LogP contribution in [0.3, 0.4) is 0 Å². The molecule has 1 amide bonds. The zero-order chi connectivity index (χ0) is 15.1. The van der Waals surface area contributed by atoms with Crippen LogP contribution in [0.4, 0.5) is 17.1 Å². The second kappa shape index (κ2) is 7.33. The summed E-state index contributed by atoms with van der Waals surface area (Å²) in [4.78, 5) is 14.0. The van der Waals surface area contributed by atoms with Gasteiger partial charge in [0.2, 0.25) is 5.91 Å². The maximum absolute atomic E-state index is 11.9. The summed E-state index contributed by atoms with van der Waals surface area (Å²) >= 11 is 0. The molecule has 0 unspecified atom stereocenters. The van der Waals surface area contributed by atoms with E-state index >= 15 is 0 Å². The number of hydrogen-bond donors (Lipinski definition) is 2. The first kappa shape index (κ1) is 14.9. The minimum atomic E-state index is -0.00522. The Hall–Kier alpha value is -2.49. The number of carbonyl (C=O) groups is 1. The maximum Gasteiger partial charge on any atom is 0.224 e. The highest BCUT2D eigenvalue weighted by atomic mass is 16.1. The van der Waals surface area contributed by atoms with Crippen molar-refractivity contribution in [3.05, 3.63) is 54.6 Å². The molecule has 21 heavy (non-hydrogen) atoms. The third-order valence-corrected chi connectivity index (χ3v) is 3.33. The molecular formula is C17H21N3O. The number of nitrogens with two attached hydrogens (primary N) is 1. The molecule has 4 nitrogen and oxygen atoms in total. The largest absolute Gasteiger partial charge is 0.397 e. The van der Waals surface area contributed by atoms with E-state index in [1.807, 2.05) is 43.4 Å². The number of anilines is 3. The van der Waals surface area contributed by atoms with Gasteiger partial charge in [-0.3, -0.25) is 4.79 Å². The van der Waals surface area contributed by atoms with Crippen LogP contribution >= 0.6 is 0 Å². The molecule has 0 spiro atoms. The average Bonchev–Trinajstić information content (AvgIpc) is 2.50. The molecule has 3 N–H and O–H groups in total. The highest BCUT2D eigenvalue weighted by molar-refractivity contribution is 5.93. The van der Waals surface area contributed by atoms with Gasteiger partial charge < -0.3 is 16.0 Å². The molecule has 0 aliphatic heterocycles. The van der Waals surface area contributed by atoms with Crippen molar-refractivity contribution in [2.45, 2.75) is 12.8 Å². The Labute approximate surface area is 125 Å². The Balaban J connectivity index is 1.76.